The number of anilines is 1. The maximum atomic E-state index is 12.3. The second kappa shape index (κ2) is 5.43. The molecule has 116 valence electrons. The van der Waals surface area contributed by atoms with Crippen LogP contribution in [0.1, 0.15) is 11.4 Å². The Bertz CT molecular complexity index is 908. The number of nitrogens with zero attached hydrogens (tertiary/aromatic N) is 1. The maximum absolute atomic E-state index is 12.3. The van der Waals surface area contributed by atoms with Gasteiger partial charge in [-0.2, -0.15) is 0 Å². The lowest BCUT2D eigenvalue weighted by atomic mass is 10.1. The van der Waals surface area contributed by atoms with Gasteiger partial charge in [0, 0.05) is 18.2 Å². The van der Waals surface area contributed by atoms with Crippen molar-refractivity contribution in [2.24, 2.45) is 0 Å². The van der Waals surface area contributed by atoms with E-state index in [2.05, 4.69) is 27.4 Å². The van der Waals surface area contributed by atoms with Crippen LogP contribution in [0.3, 0.4) is 0 Å². The Labute approximate surface area is 133 Å². The van der Waals surface area contributed by atoms with Gasteiger partial charge in [0.15, 0.2) is 0 Å². The van der Waals surface area contributed by atoms with Crippen LogP contribution in [0.4, 0.5) is 5.69 Å². The third-order valence-corrected chi connectivity index (χ3v) is 4.24. The third kappa shape index (κ3) is 2.54. The van der Waals surface area contributed by atoms with Crippen LogP contribution >= 0.6 is 0 Å². The van der Waals surface area contributed by atoms with E-state index in [9.17, 15) is 4.79 Å². The van der Waals surface area contributed by atoms with Gasteiger partial charge < -0.3 is 15.0 Å². The molecule has 0 spiro atoms. The predicted octanol–water partition coefficient (Wildman–Crippen LogP) is 2.51. The van der Waals surface area contributed by atoms with Crippen LogP contribution in [0.25, 0.3) is 10.9 Å². The normalized spacial score (nSPS) is 16.1. The molecule has 23 heavy (non-hydrogen) atoms. The predicted molar refractivity (Wildman–Crippen MR) is 90.2 cm³/mol. The number of methoxy groups -OCH3 is 1. The lowest BCUT2D eigenvalue weighted by Crippen LogP contribution is -2.22. The summed E-state index contributed by atoms with van der Waals surface area (Å²) in [5.41, 5.74) is 3.05. The van der Waals surface area contributed by atoms with Gasteiger partial charge in [0.05, 0.1) is 18.0 Å². The van der Waals surface area contributed by atoms with Gasteiger partial charge in [-0.05, 0) is 36.2 Å². The molecule has 5 heteroatoms. The zero-order valence-electron chi connectivity index (χ0n) is 12.8. The van der Waals surface area contributed by atoms with E-state index >= 15 is 0 Å². The topological polar surface area (TPSA) is 67.0 Å². The Hall–Kier alpha value is -2.82. The van der Waals surface area contributed by atoms with E-state index in [1.807, 2.05) is 24.3 Å². The highest BCUT2D eigenvalue weighted by Gasteiger charge is 2.21. The minimum absolute atomic E-state index is 0.126. The molecule has 0 amide bonds. The van der Waals surface area contributed by atoms with E-state index in [0.717, 1.165) is 6.42 Å². The molecule has 0 saturated heterocycles. The molecule has 0 aliphatic carbocycles. The molecule has 0 fully saturated rings. The Morgan fingerprint density at radius 1 is 1.26 bits per heavy atom. The molecule has 1 aliphatic heterocycles. The smallest absolute Gasteiger partial charge is 0.258 e. The van der Waals surface area contributed by atoms with E-state index in [1.165, 1.54) is 11.3 Å². The van der Waals surface area contributed by atoms with Crippen molar-refractivity contribution in [3.8, 4) is 5.75 Å². The molecule has 4 rings (SSSR count). The van der Waals surface area contributed by atoms with Crippen LogP contribution < -0.4 is 15.6 Å². The average Bonchev–Trinajstić information content (AvgIpc) is 2.96. The Morgan fingerprint density at radius 2 is 2.13 bits per heavy atom. The van der Waals surface area contributed by atoms with Crippen molar-refractivity contribution in [2.45, 2.75) is 18.9 Å². The fraction of sp³-hybridized carbons (Fsp3) is 0.222. The number of para-hydroxylation sites is 1. The van der Waals surface area contributed by atoms with Crippen molar-refractivity contribution < 1.29 is 4.74 Å². The molecule has 1 atom stereocenters. The summed E-state index contributed by atoms with van der Waals surface area (Å²) in [5, 5.41) is 4.04. The fourth-order valence-corrected chi connectivity index (χ4v) is 3.12. The maximum Gasteiger partial charge on any atom is 0.258 e. The van der Waals surface area contributed by atoms with Gasteiger partial charge in [-0.1, -0.05) is 18.2 Å². The monoisotopic (exact) mass is 307 g/mol. The summed E-state index contributed by atoms with van der Waals surface area (Å²) in [6, 6.07) is 13.9. The fourth-order valence-electron chi connectivity index (χ4n) is 3.12. The Kier molecular flexibility index (Phi) is 3.26. The van der Waals surface area contributed by atoms with Gasteiger partial charge in [-0.15, -0.1) is 0 Å². The third-order valence-electron chi connectivity index (χ3n) is 4.24. The first-order valence-corrected chi connectivity index (χ1v) is 7.64. The number of benzene rings is 2. The zero-order valence-corrected chi connectivity index (χ0v) is 12.8. The van der Waals surface area contributed by atoms with Crippen molar-refractivity contribution in [3.63, 3.8) is 0 Å². The molecule has 0 saturated carbocycles. The van der Waals surface area contributed by atoms with E-state index in [4.69, 9.17) is 4.74 Å². The average molecular weight is 307 g/mol. The van der Waals surface area contributed by atoms with Crippen LogP contribution in [-0.4, -0.2) is 23.1 Å². The van der Waals surface area contributed by atoms with E-state index in [0.29, 0.717) is 28.9 Å². The summed E-state index contributed by atoms with van der Waals surface area (Å²) in [7, 11) is 1.58. The van der Waals surface area contributed by atoms with Crippen LogP contribution in [0, 0.1) is 0 Å². The largest absolute Gasteiger partial charge is 0.497 e. The quantitative estimate of drug-likeness (QED) is 0.780. The Balaban J connectivity index is 1.62. The van der Waals surface area contributed by atoms with Crippen LogP contribution in [0.2, 0.25) is 0 Å². The van der Waals surface area contributed by atoms with Crippen molar-refractivity contribution in [1.29, 1.82) is 0 Å². The molecule has 2 N–H and O–H groups in total. The van der Waals surface area contributed by atoms with Gasteiger partial charge in [-0.25, -0.2) is 4.98 Å². The standard InChI is InChI=1S/C18H17N3O2/c1-23-13-6-7-16-14(10-13)18(22)21-17(20-16)9-12-8-11-4-2-3-5-15(11)19-12/h2-7,10,12,19H,8-9H2,1H3,(H,20,21,22). The number of nitrogens with one attached hydrogen (secondary N) is 2. The molecule has 2 aromatic carbocycles. The van der Waals surface area contributed by atoms with Gasteiger partial charge >= 0.3 is 0 Å². The molecule has 1 aromatic heterocycles. The van der Waals surface area contributed by atoms with Gasteiger partial charge in [0.25, 0.3) is 5.56 Å². The minimum atomic E-state index is -0.126. The molecule has 2 heterocycles. The number of aromatic amines is 1. The molecule has 0 bridgehead atoms. The molecule has 5 nitrogen and oxygen atoms in total. The number of hydrogen-bond acceptors (Lipinski definition) is 4. The molecule has 1 unspecified atom stereocenters. The summed E-state index contributed by atoms with van der Waals surface area (Å²) in [4.78, 5) is 19.8. The first-order valence-electron chi connectivity index (χ1n) is 7.64. The van der Waals surface area contributed by atoms with Crippen LogP contribution in [0.5, 0.6) is 5.75 Å². The zero-order chi connectivity index (χ0) is 15.8. The van der Waals surface area contributed by atoms with Crippen molar-refractivity contribution in [2.75, 3.05) is 12.4 Å². The summed E-state index contributed by atoms with van der Waals surface area (Å²) >= 11 is 0. The van der Waals surface area contributed by atoms with Crippen molar-refractivity contribution >= 4 is 16.6 Å². The van der Waals surface area contributed by atoms with E-state index < -0.39 is 0 Å². The molecule has 0 radical (unpaired) electrons. The Morgan fingerprint density at radius 3 is 2.96 bits per heavy atom. The van der Waals surface area contributed by atoms with E-state index in [-0.39, 0.29) is 11.6 Å². The second-order valence-electron chi connectivity index (χ2n) is 5.80. The SMILES string of the molecule is COc1ccc2nc(CC3Cc4ccccc4N3)[nH]c(=O)c2c1. The number of ether oxygens (including phenoxy) is 1. The van der Waals surface area contributed by atoms with Crippen molar-refractivity contribution in [3.05, 3.63) is 64.2 Å². The number of H-pyrrole nitrogens is 1. The first kappa shape index (κ1) is 13.8. The number of hydrogen-bond donors (Lipinski definition) is 2. The highest BCUT2D eigenvalue weighted by atomic mass is 16.5. The lowest BCUT2D eigenvalue weighted by molar-refractivity contribution is 0.415. The highest BCUT2D eigenvalue weighted by molar-refractivity contribution is 5.79. The summed E-state index contributed by atoms with van der Waals surface area (Å²) in [6.45, 7) is 0. The van der Waals surface area contributed by atoms with Gasteiger partial charge in [0.2, 0.25) is 0 Å². The number of aromatic nitrogens is 2. The number of rotatable bonds is 3. The lowest BCUT2D eigenvalue weighted by Gasteiger charge is -2.11. The first-order chi connectivity index (χ1) is 11.2. The molecule has 3 aromatic rings. The van der Waals surface area contributed by atoms with Crippen LogP contribution in [-0.2, 0) is 12.8 Å². The highest BCUT2D eigenvalue weighted by Crippen LogP contribution is 2.26. The summed E-state index contributed by atoms with van der Waals surface area (Å²) < 4.78 is 5.16. The molecule has 1 aliphatic rings. The second-order valence-corrected chi connectivity index (χ2v) is 5.80. The van der Waals surface area contributed by atoms with Crippen LogP contribution in [0.15, 0.2) is 47.3 Å². The number of fused-ring (bicyclic) bond motifs is 2. The minimum Gasteiger partial charge on any atom is -0.497 e. The van der Waals surface area contributed by atoms with Gasteiger partial charge in [-0.3, -0.25) is 4.79 Å². The van der Waals surface area contributed by atoms with Gasteiger partial charge in [0.1, 0.15) is 11.6 Å². The summed E-state index contributed by atoms with van der Waals surface area (Å²) in [5.74, 6) is 1.36. The van der Waals surface area contributed by atoms with Crippen molar-refractivity contribution in [1.82, 2.24) is 9.97 Å². The molecular formula is C18H17N3O2. The molecular weight excluding hydrogens is 290 g/mol. The van der Waals surface area contributed by atoms with E-state index in [1.54, 1.807) is 13.2 Å². The summed E-state index contributed by atoms with van der Waals surface area (Å²) in [6.07, 6.45) is 1.63.